The molecular weight excluding hydrogens is 504 g/mol. The highest BCUT2D eigenvalue weighted by atomic mass is 32.1. The highest BCUT2D eigenvalue weighted by Crippen LogP contribution is 2.42. The van der Waals surface area contributed by atoms with E-state index in [1.54, 1.807) is 36.1 Å². The maximum absolute atomic E-state index is 12.6. The van der Waals surface area contributed by atoms with Crippen molar-refractivity contribution in [3.8, 4) is 17.1 Å². The maximum atomic E-state index is 12.6. The van der Waals surface area contributed by atoms with Crippen LogP contribution in [0.25, 0.3) is 21.6 Å². The minimum Gasteiger partial charge on any atom is -0.508 e. The van der Waals surface area contributed by atoms with E-state index < -0.39 is 5.60 Å². The average Bonchev–Trinajstić information content (AvgIpc) is 3.38. The van der Waals surface area contributed by atoms with Crippen LogP contribution in [-0.4, -0.2) is 76.2 Å². The van der Waals surface area contributed by atoms with Gasteiger partial charge in [0.05, 0.1) is 23.4 Å². The molecule has 2 aliphatic heterocycles. The number of hydrogen-bond acceptors (Lipinski definition) is 9. The van der Waals surface area contributed by atoms with Gasteiger partial charge in [-0.3, -0.25) is 9.59 Å². The van der Waals surface area contributed by atoms with Gasteiger partial charge in [-0.15, -0.1) is 11.3 Å². The van der Waals surface area contributed by atoms with Crippen LogP contribution in [0.1, 0.15) is 37.5 Å². The summed E-state index contributed by atoms with van der Waals surface area (Å²) < 4.78 is 6.45. The van der Waals surface area contributed by atoms with Crippen LogP contribution in [0.5, 0.6) is 5.75 Å². The number of benzene rings is 1. The van der Waals surface area contributed by atoms with Gasteiger partial charge in [-0.1, -0.05) is 18.2 Å². The molecule has 1 aromatic carbocycles. The number of nitrogens with zero attached hydrogens (tertiary/aromatic N) is 4. The summed E-state index contributed by atoms with van der Waals surface area (Å²) in [6.45, 7) is 5.27. The molecule has 0 radical (unpaired) electrons. The number of phenolic OH excluding ortho intramolecular Hbond substituents is 1. The minimum atomic E-state index is -1.07. The zero-order valence-corrected chi connectivity index (χ0v) is 22.2. The molecule has 2 aromatic heterocycles. The van der Waals surface area contributed by atoms with Gasteiger partial charge in [0.15, 0.2) is 17.4 Å². The van der Waals surface area contributed by atoms with Crippen LogP contribution in [0.2, 0.25) is 0 Å². The normalized spacial score (nSPS) is 17.8. The third-order valence-electron chi connectivity index (χ3n) is 7.11. The molecule has 2 N–H and O–H groups in total. The molecule has 0 bridgehead atoms. The van der Waals surface area contributed by atoms with Crippen molar-refractivity contribution in [1.82, 2.24) is 14.9 Å². The molecule has 9 nitrogen and oxygen atoms in total. The van der Waals surface area contributed by atoms with Gasteiger partial charge in [0.1, 0.15) is 11.4 Å². The molecule has 5 rings (SSSR count). The smallest absolute Gasteiger partial charge is 0.223 e. The first kappa shape index (κ1) is 26.3. The van der Waals surface area contributed by atoms with Gasteiger partial charge >= 0.3 is 0 Å². The monoisotopic (exact) mass is 536 g/mol. The van der Waals surface area contributed by atoms with Crippen LogP contribution in [0.15, 0.2) is 42.5 Å². The van der Waals surface area contributed by atoms with Gasteiger partial charge in [-0.05, 0) is 44.0 Å². The molecule has 0 atom stereocenters. The van der Waals surface area contributed by atoms with Crippen molar-refractivity contribution in [2.75, 3.05) is 44.3 Å². The summed E-state index contributed by atoms with van der Waals surface area (Å²) >= 11 is 1.50. The minimum absolute atomic E-state index is 0.0538. The fourth-order valence-electron chi connectivity index (χ4n) is 4.94. The van der Waals surface area contributed by atoms with Gasteiger partial charge in [0.2, 0.25) is 5.91 Å². The van der Waals surface area contributed by atoms with E-state index >= 15 is 0 Å². The number of carbonyl (C=O) groups excluding carboxylic acids is 2. The number of hydrogen-bond donors (Lipinski definition) is 2. The van der Waals surface area contributed by atoms with E-state index in [0.717, 1.165) is 20.9 Å². The number of aromatic nitrogens is 2. The largest absolute Gasteiger partial charge is 0.508 e. The second-order valence-corrected chi connectivity index (χ2v) is 10.8. The summed E-state index contributed by atoms with van der Waals surface area (Å²) in [6.07, 6.45) is 4.37. The number of likely N-dealkylation sites (tertiary alicyclic amines) is 1. The standard InChI is InChI=1S/C28H32N4O5S/c1-2-4-20(33)7-8-24(35)31-11-9-28(36,10-12-31)23-18-22-25(38-23)27(32-13-15-37-16-14-32)30-26(29-22)19-5-3-6-21(34)17-19/h2-6,17-18,34,36H,7-16H2,1H3/b4-2+. The summed E-state index contributed by atoms with van der Waals surface area (Å²) in [5.74, 6) is 1.35. The Morgan fingerprint density at radius 1 is 1.11 bits per heavy atom. The number of ketones is 1. The van der Waals surface area contributed by atoms with Crippen LogP contribution < -0.4 is 4.90 Å². The van der Waals surface area contributed by atoms with Crippen LogP contribution >= 0.6 is 11.3 Å². The van der Waals surface area contributed by atoms with E-state index in [-0.39, 0.29) is 30.3 Å². The van der Waals surface area contributed by atoms with Crippen molar-refractivity contribution in [1.29, 1.82) is 0 Å². The Balaban J connectivity index is 1.40. The number of rotatable bonds is 7. The molecule has 0 spiro atoms. The number of fused-ring (bicyclic) bond motifs is 1. The van der Waals surface area contributed by atoms with Gasteiger partial charge in [-0.2, -0.15) is 0 Å². The number of anilines is 1. The highest BCUT2D eigenvalue weighted by molar-refractivity contribution is 7.19. The Morgan fingerprint density at radius 2 is 1.87 bits per heavy atom. The lowest BCUT2D eigenvalue weighted by Crippen LogP contribution is -2.44. The number of morpholine rings is 1. The van der Waals surface area contributed by atoms with E-state index in [2.05, 4.69) is 4.90 Å². The van der Waals surface area contributed by atoms with Crippen LogP contribution in [0.3, 0.4) is 0 Å². The lowest BCUT2D eigenvalue weighted by Gasteiger charge is -2.37. The predicted octanol–water partition coefficient (Wildman–Crippen LogP) is 3.64. The Morgan fingerprint density at radius 3 is 2.58 bits per heavy atom. The lowest BCUT2D eigenvalue weighted by atomic mass is 9.89. The van der Waals surface area contributed by atoms with Gasteiger partial charge in [-0.25, -0.2) is 9.97 Å². The van der Waals surface area contributed by atoms with Crippen LogP contribution in [0, 0.1) is 0 Å². The average molecular weight is 537 g/mol. The number of piperidine rings is 1. The first-order valence-corrected chi connectivity index (χ1v) is 13.8. The maximum Gasteiger partial charge on any atom is 0.223 e. The van der Waals surface area contributed by atoms with Gasteiger partial charge in [0.25, 0.3) is 0 Å². The quantitative estimate of drug-likeness (QED) is 0.440. The summed E-state index contributed by atoms with van der Waals surface area (Å²) in [5.41, 5.74) is 0.387. The fraction of sp³-hybridized carbons (Fsp3) is 0.429. The molecule has 4 heterocycles. The molecule has 10 heteroatoms. The van der Waals surface area contributed by atoms with Crippen molar-refractivity contribution >= 4 is 39.1 Å². The van der Waals surface area contributed by atoms with Crippen molar-refractivity contribution in [3.63, 3.8) is 0 Å². The zero-order chi connectivity index (χ0) is 26.7. The van der Waals surface area contributed by atoms with E-state index in [1.165, 1.54) is 17.4 Å². The topological polar surface area (TPSA) is 116 Å². The van der Waals surface area contributed by atoms with E-state index in [4.69, 9.17) is 14.7 Å². The molecule has 2 saturated heterocycles. The van der Waals surface area contributed by atoms with Crippen molar-refractivity contribution in [3.05, 3.63) is 47.4 Å². The van der Waals surface area contributed by atoms with Crippen molar-refractivity contribution < 1.29 is 24.5 Å². The summed E-state index contributed by atoms with van der Waals surface area (Å²) in [4.78, 5) is 38.8. The molecule has 200 valence electrons. The third kappa shape index (κ3) is 5.57. The fourth-order valence-corrected chi connectivity index (χ4v) is 6.20. The molecule has 2 aliphatic rings. The molecule has 0 unspecified atom stereocenters. The lowest BCUT2D eigenvalue weighted by molar-refractivity contribution is -0.136. The number of ether oxygens (including phenoxy) is 1. The zero-order valence-electron chi connectivity index (χ0n) is 21.4. The number of carbonyl (C=O) groups is 2. The SMILES string of the molecule is C/C=C/C(=O)CCC(=O)N1CCC(O)(c2cc3nc(-c4cccc(O)c4)nc(N4CCOCC4)c3s2)CC1. The molecule has 0 saturated carbocycles. The van der Waals surface area contributed by atoms with Crippen molar-refractivity contribution in [2.45, 2.75) is 38.2 Å². The van der Waals surface area contributed by atoms with Gasteiger partial charge in [0, 0.05) is 49.5 Å². The van der Waals surface area contributed by atoms with Crippen molar-refractivity contribution in [2.24, 2.45) is 0 Å². The summed E-state index contributed by atoms with van der Waals surface area (Å²) in [5, 5.41) is 21.6. The number of amides is 1. The molecular formula is C28H32N4O5S. The van der Waals surface area contributed by atoms with E-state index in [1.807, 2.05) is 12.1 Å². The number of phenols is 1. The highest BCUT2D eigenvalue weighted by Gasteiger charge is 2.37. The first-order chi connectivity index (χ1) is 18.4. The first-order valence-electron chi connectivity index (χ1n) is 13.0. The van der Waals surface area contributed by atoms with Gasteiger partial charge < -0.3 is 24.7 Å². The Kier molecular flexibility index (Phi) is 7.73. The molecule has 38 heavy (non-hydrogen) atoms. The number of allylic oxidation sites excluding steroid dienone is 2. The Bertz CT molecular complexity index is 1360. The summed E-state index contributed by atoms with van der Waals surface area (Å²) in [7, 11) is 0. The molecule has 1 amide bonds. The second kappa shape index (κ2) is 11.2. The number of aromatic hydroxyl groups is 1. The molecule has 3 aromatic rings. The van der Waals surface area contributed by atoms with Crippen LogP contribution in [-0.2, 0) is 19.9 Å². The molecule has 2 fully saturated rings. The third-order valence-corrected chi connectivity index (χ3v) is 8.42. The molecule has 0 aliphatic carbocycles. The Hall–Kier alpha value is -3.34. The Labute approximate surface area is 225 Å². The van der Waals surface area contributed by atoms with E-state index in [9.17, 15) is 19.8 Å². The number of aliphatic hydroxyl groups is 1. The summed E-state index contributed by atoms with van der Waals surface area (Å²) in [6, 6.07) is 8.82. The second-order valence-electron chi connectivity index (χ2n) is 9.72. The van der Waals surface area contributed by atoms with E-state index in [0.29, 0.717) is 63.6 Å². The van der Waals surface area contributed by atoms with Crippen LogP contribution in [0.4, 0.5) is 5.82 Å². The predicted molar refractivity (Wildman–Crippen MR) is 146 cm³/mol. The number of thiophene rings is 1.